The fourth-order valence-electron chi connectivity index (χ4n) is 3.35. The van der Waals surface area contributed by atoms with E-state index in [0.717, 1.165) is 29.6 Å². The van der Waals surface area contributed by atoms with Gasteiger partial charge in [0.15, 0.2) is 11.8 Å². The van der Waals surface area contributed by atoms with E-state index in [1.54, 1.807) is 12.1 Å². The first-order valence-electron chi connectivity index (χ1n) is 9.76. The predicted octanol–water partition coefficient (Wildman–Crippen LogP) is 2.87. The van der Waals surface area contributed by atoms with Crippen molar-refractivity contribution in [2.45, 2.75) is 58.0 Å². The van der Waals surface area contributed by atoms with Crippen molar-refractivity contribution in [3.05, 3.63) is 47.3 Å². The highest BCUT2D eigenvalue weighted by atomic mass is 19.1. The third-order valence-electron chi connectivity index (χ3n) is 5.10. The van der Waals surface area contributed by atoms with Crippen molar-refractivity contribution >= 4 is 5.96 Å². The lowest BCUT2D eigenvalue weighted by Crippen LogP contribution is -2.44. The molecule has 1 heterocycles. The van der Waals surface area contributed by atoms with Gasteiger partial charge in [-0.05, 0) is 43.9 Å². The molecule has 3 rings (SSSR count). The highest BCUT2D eigenvalue weighted by Crippen LogP contribution is 2.17. The Labute approximate surface area is 160 Å². The monoisotopic (exact) mass is 372 g/mol. The number of halogens is 1. The summed E-state index contributed by atoms with van der Waals surface area (Å²) in [6.07, 6.45) is 6.93. The van der Waals surface area contributed by atoms with Crippen molar-refractivity contribution in [1.29, 1.82) is 0 Å². The summed E-state index contributed by atoms with van der Waals surface area (Å²) >= 11 is 0. The summed E-state index contributed by atoms with van der Waals surface area (Å²) in [6, 6.07) is 7.20. The molecule has 0 bridgehead atoms. The highest BCUT2D eigenvalue weighted by molar-refractivity contribution is 5.80. The molecule has 0 saturated heterocycles. The van der Waals surface area contributed by atoms with Crippen LogP contribution in [0.5, 0.6) is 0 Å². The van der Waals surface area contributed by atoms with Gasteiger partial charge in [0.05, 0.1) is 0 Å². The number of nitrogens with zero attached hydrogens (tertiary/aromatic N) is 4. The molecule has 1 aromatic carbocycles. The van der Waals surface area contributed by atoms with Crippen molar-refractivity contribution in [3.63, 3.8) is 0 Å². The zero-order chi connectivity index (χ0) is 19.1. The number of aryl methyl sites for hydroxylation is 1. The van der Waals surface area contributed by atoms with E-state index in [-0.39, 0.29) is 5.82 Å². The summed E-state index contributed by atoms with van der Waals surface area (Å²) in [7, 11) is 1.95. The molecular formula is C20H29FN6. The van der Waals surface area contributed by atoms with E-state index in [2.05, 4.69) is 20.8 Å². The average molecular weight is 372 g/mol. The van der Waals surface area contributed by atoms with Crippen molar-refractivity contribution in [2.24, 2.45) is 12.0 Å². The van der Waals surface area contributed by atoms with Crippen LogP contribution in [0.25, 0.3) is 0 Å². The maximum absolute atomic E-state index is 13.3. The van der Waals surface area contributed by atoms with Crippen LogP contribution in [0.4, 0.5) is 4.39 Å². The highest BCUT2D eigenvalue weighted by Gasteiger charge is 2.15. The van der Waals surface area contributed by atoms with Gasteiger partial charge in [-0.3, -0.25) is 0 Å². The number of rotatable bonds is 6. The Morgan fingerprint density at radius 1 is 1.26 bits per heavy atom. The smallest absolute Gasteiger partial charge is 0.191 e. The molecule has 0 amide bonds. The molecule has 27 heavy (non-hydrogen) atoms. The summed E-state index contributed by atoms with van der Waals surface area (Å²) in [5, 5.41) is 15.2. The number of aromatic nitrogens is 3. The Kier molecular flexibility index (Phi) is 6.79. The van der Waals surface area contributed by atoms with E-state index in [0.29, 0.717) is 19.1 Å². The minimum Gasteiger partial charge on any atom is -0.356 e. The zero-order valence-electron chi connectivity index (χ0n) is 16.2. The van der Waals surface area contributed by atoms with Crippen molar-refractivity contribution in [3.8, 4) is 0 Å². The van der Waals surface area contributed by atoms with Gasteiger partial charge in [-0.1, -0.05) is 31.4 Å². The quantitative estimate of drug-likeness (QED) is 0.604. The van der Waals surface area contributed by atoms with Gasteiger partial charge in [0.2, 0.25) is 0 Å². The molecule has 2 N–H and O–H groups in total. The van der Waals surface area contributed by atoms with Crippen molar-refractivity contribution < 1.29 is 4.39 Å². The first-order valence-corrected chi connectivity index (χ1v) is 9.76. The molecule has 0 aliphatic heterocycles. The summed E-state index contributed by atoms with van der Waals surface area (Å²) < 4.78 is 15.3. The first-order chi connectivity index (χ1) is 13.1. The van der Waals surface area contributed by atoms with Gasteiger partial charge in [-0.2, -0.15) is 0 Å². The molecule has 0 unspecified atom stereocenters. The minimum atomic E-state index is -0.195. The van der Waals surface area contributed by atoms with Gasteiger partial charge in [0.25, 0.3) is 0 Å². The van der Waals surface area contributed by atoms with Crippen LogP contribution in [0.3, 0.4) is 0 Å². The maximum Gasteiger partial charge on any atom is 0.191 e. The summed E-state index contributed by atoms with van der Waals surface area (Å²) in [5.74, 6) is 2.31. The van der Waals surface area contributed by atoms with E-state index in [1.807, 2.05) is 24.6 Å². The van der Waals surface area contributed by atoms with Crippen LogP contribution >= 0.6 is 0 Å². The van der Waals surface area contributed by atoms with E-state index in [1.165, 1.54) is 38.2 Å². The van der Waals surface area contributed by atoms with Gasteiger partial charge in [0, 0.05) is 19.6 Å². The SMILES string of the molecule is Cc1nnc(CN=C(NCCc2cccc(F)c2)NC2CCCCC2)n1C. The van der Waals surface area contributed by atoms with Crippen LogP contribution < -0.4 is 10.6 Å². The number of hydrogen-bond acceptors (Lipinski definition) is 3. The number of benzene rings is 1. The Morgan fingerprint density at radius 3 is 2.78 bits per heavy atom. The summed E-state index contributed by atoms with van der Waals surface area (Å²) in [6.45, 7) is 3.10. The second-order valence-corrected chi connectivity index (χ2v) is 7.17. The molecule has 0 spiro atoms. The normalized spacial score (nSPS) is 15.7. The second-order valence-electron chi connectivity index (χ2n) is 7.17. The van der Waals surface area contributed by atoms with Gasteiger partial charge in [-0.25, -0.2) is 9.38 Å². The Morgan fingerprint density at radius 2 is 2.07 bits per heavy atom. The number of guanidine groups is 1. The molecule has 1 aliphatic rings. The lowest BCUT2D eigenvalue weighted by molar-refractivity contribution is 0.409. The molecule has 1 aromatic heterocycles. The van der Waals surface area contributed by atoms with E-state index < -0.39 is 0 Å². The molecular weight excluding hydrogens is 343 g/mol. The molecule has 2 aromatic rings. The van der Waals surface area contributed by atoms with Crippen LogP contribution in [0.15, 0.2) is 29.3 Å². The van der Waals surface area contributed by atoms with Crippen molar-refractivity contribution in [2.75, 3.05) is 6.54 Å². The fourth-order valence-corrected chi connectivity index (χ4v) is 3.35. The Hall–Kier alpha value is -2.44. The predicted molar refractivity (Wildman–Crippen MR) is 105 cm³/mol. The molecule has 0 atom stereocenters. The van der Waals surface area contributed by atoms with Crippen LogP contribution in [0.2, 0.25) is 0 Å². The molecule has 146 valence electrons. The number of aliphatic imine (C=N–C) groups is 1. The second kappa shape index (κ2) is 9.48. The Bertz CT molecular complexity index is 764. The van der Waals surface area contributed by atoms with Gasteiger partial charge in [-0.15, -0.1) is 10.2 Å². The lowest BCUT2D eigenvalue weighted by atomic mass is 9.96. The molecule has 1 aliphatic carbocycles. The standard InChI is InChI=1S/C20H29FN6/c1-15-25-26-19(27(15)2)14-23-20(24-18-9-4-3-5-10-18)22-12-11-16-7-6-8-17(21)13-16/h6-8,13,18H,3-5,9-12,14H2,1-2H3,(H2,22,23,24). The minimum absolute atomic E-state index is 0.195. The molecule has 1 saturated carbocycles. The van der Waals surface area contributed by atoms with Gasteiger partial charge in [0.1, 0.15) is 18.2 Å². The molecule has 6 nitrogen and oxygen atoms in total. The third-order valence-corrected chi connectivity index (χ3v) is 5.10. The molecule has 1 fully saturated rings. The zero-order valence-corrected chi connectivity index (χ0v) is 16.2. The van der Waals surface area contributed by atoms with Crippen LogP contribution in [-0.2, 0) is 20.0 Å². The summed E-state index contributed by atoms with van der Waals surface area (Å²) in [4.78, 5) is 4.71. The summed E-state index contributed by atoms with van der Waals surface area (Å²) in [5.41, 5.74) is 0.975. The average Bonchev–Trinajstić information content (AvgIpc) is 2.99. The lowest BCUT2D eigenvalue weighted by Gasteiger charge is -2.25. The fraction of sp³-hybridized carbons (Fsp3) is 0.550. The number of nitrogens with one attached hydrogen (secondary N) is 2. The molecule has 7 heteroatoms. The first kappa shape index (κ1) is 19.3. The van der Waals surface area contributed by atoms with E-state index in [4.69, 9.17) is 4.99 Å². The van der Waals surface area contributed by atoms with E-state index >= 15 is 0 Å². The number of hydrogen-bond donors (Lipinski definition) is 2. The van der Waals surface area contributed by atoms with Crippen LogP contribution in [0.1, 0.15) is 49.3 Å². The largest absolute Gasteiger partial charge is 0.356 e. The van der Waals surface area contributed by atoms with Crippen molar-refractivity contribution in [1.82, 2.24) is 25.4 Å². The molecule has 0 radical (unpaired) electrons. The van der Waals surface area contributed by atoms with Crippen LogP contribution in [-0.4, -0.2) is 33.3 Å². The third kappa shape index (κ3) is 5.77. The van der Waals surface area contributed by atoms with Gasteiger partial charge >= 0.3 is 0 Å². The van der Waals surface area contributed by atoms with Crippen LogP contribution in [0, 0.1) is 12.7 Å². The van der Waals surface area contributed by atoms with E-state index in [9.17, 15) is 4.39 Å². The maximum atomic E-state index is 13.3. The Balaban J connectivity index is 1.61. The van der Waals surface area contributed by atoms with Gasteiger partial charge < -0.3 is 15.2 Å². The topological polar surface area (TPSA) is 67.1 Å².